The smallest absolute Gasteiger partial charge is 0.261 e. The van der Waals surface area contributed by atoms with Crippen molar-refractivity contribution in [2.75, 3.05) is 10.2 Å². The lowest BCUT2D eigenvalue weighted by Gasteiger charge is -2.16. The fourth-order valence-corrected chi connectivity index (χ4v) is 5.26. The van der Waals surface area contributed by atoms with Gasteiger partial charge in [-0.2, -0.15) is 0 Å². The lowest BCUT2D eigenvalue weighted by atomic mass is 10.0. The fraction of sp³-hybridized carbons (Fsp3) is 0.0435. The Morgan fingerprint density at radius 2 is 1.47 bits per heavy atom. The summed E-state index contributed by atoms with van der Waals surface area (Å²) in [7, 11) is -3.82. The van der Waals surface area contributed by atoms with Gasteiger partial charge in [0.2, 0.25) is 0 Å². The van der Waals surface area contributed by atoms with Gasteiger partial charge in [0.25, 0.3) is 10.0 Å². The third kappa shape index (κ3) is 4.14. The minimum atomic E-state index is -3.82. The van der Waals surface area contributed by atoms with Gasteiger partial charge in [-0.3, -0.25) is 4.72 Å². The molecule has 0 aliphatic carbocycles. The predicted molar refractivity (Wildman–Crippen MR) is 123 cm³/mol. The zero-order valence-corrected chi connectivity index (χ0v) is 17.8. The van der Waals surface area contributed by atoms with Crippen molar-refractivity contribution in [1.29, 1.82) is 0 Å². The van der Waals surface area contributed by atoms with Crippen LogP contribution in [0.5, 0.6) is 0 Å². The second-order valence-electron chi connectivity index (χ2n) is 6.74. The summed E-state index contributed by atoms with van der Waals surface area (Å²) in [6.07, 6.45) is 0. The highest BCUT2D eigenvalue weighted by molar-refractivity contribution is 7.99. The molecule has 0 aliphatic rings. The third-order valence-electron chi connectivity index (χ3n) is 4.76. The molecule has 0 bridgehead atoms. The van der Waals surface area contributed by atoms with Crippen molar-refractivity contribution in [2.45, 2.75) is 21.6 Å². The van der Waals surface area contributed by atoms with Crippen LogP contribution in [0, 0.1) is 12.1 Å². The van der Waals surface area contributed by atoms with Gasteiger partial charge in [0.1, 0.15) is 0 Å². The first kappa shape index (κ1) is 20.3. The number of hydrogen-bond acceptors (Lipinski definition) is 5. The van der Waals surface area contributed by atoms with E-state index in [0.29, 0.717) is 11.4 Å². The van der Waals surface area contributed by atoms with Gasteiger partial charge in [-0.05, 0) is 60.3 Å². The van der Waals surface area contributed by atoms with Gasteiger partial charge in [0, 0.05) is 20.9 Å². The Morgan fingerprint density at radius 3 is 2.13 bits per heavy atom. The summed E-state index contributed by atoms with van der Waals surface area (Å²) >= 11 is 1.59. The van der Waals surface area contributed by atoms with Crippen LogP contribution in [0.2, 0.25) is 0 Å². The Balaban J connectivity index is 1.78. The molecule has 7 heteroatoms. The Labute approximate surface area is 179 Å². The van der Waals surface area contributed by atoms with Crippen molar-refractivity contribution in [1.82, 2.24) is 0 Å². The molecule has 0 amide bonds. The number of sulfonamides is 1. The SMILES string of the molecule is Cc1c(Sc2ccccc2)cc(NS(=O)(=O)c2ccc(N[O-])cc2)c2ccccc12. The van der Waals surface area contributed by atoms with E-state index >= 15 is 0 Å². The van der Waals surface area contributed by atoms with Gasteiger partial charge in [-0.25, -0.2) is 8.42 Å². The van der Waals surface area contributed by atoms with E-state index in [1.54, 1.807) is 17.2 Å². The molecule has 5 nitrogen and oxygen atoms in total. The molecule has 4 aromatic carbocycles. The first-order valence-electron chi connectivity index (χ1n) is 9.24. The average Bonchev–Trinajstić information content (AvgIpc) is 2.77. The molecule has 0 aliphatic heterocycles. The summed E-state index contributed by atoms with van der Waals surface area (Å²) in [6, 6.07) is 25.2. The minimum Gasteiger partial charge on any atom is -0.761 e. The second kappa shape index (κ2) is 8.39. The van der Waals surface area contributed by atoms with E-state index in [4.69, 9.17) is 0 Å². The van der Waals surface area contributed by atoms with Gasteiger partial charge in [0.15, 0.2) is 0 Å². The standard InChI is InChI=1S/C23H19N2O3S2/c1-16-20-9-5-6-10-21(20)22(15-23(16)29-18-7-3-2-4-8-18)25-30(27,28)19-13-11-17(24-26)12-14-19/h2-15,24-25H,1H3/q-1. The van der Waals surface area contributed by atoms with E-state index in [2.05, 4.69) is 4.72 Å². The quantitative estimate of drug-likeness (QED) is 0.363. The molecule has 0 saturated heterocycles. The van der Waals surface area contributed by atoms with Crippen molar-refractivity contribution < 1.29 is 8.42 Å². The summed E-state index contributed by atoms with van der Waals surface area (Å²) in [5, 5.41) is 12.5. The van der Waals surface area contributed by atoms with E-state index in [9.17, 15) is 13.6 Å². The van der Waals surface area contributed by atoms with Crippen LogP contribution in [-0.4, -0.2) is 8.42 Å². The number of nitrogens with one attached hydrogen (secondary N) is 2. The number of aryl methyl sites for hydroxylation is 1. The van der Waals surface area contributed by atoms with E-state index in [1.165, 1.54) is 24.3 Å². The Kier molecular flexibility index (Phi) is 5.67. The van der Waals surface area contributed by atoms with Crippen LogP contribution < -0.4 is 10.2 Å². The minimum absolute atomic E-state index is 0.0865. The maximum absolute atomic E-state index is 13.0. The first-order chi connectivity index (χ1) is 14.5. The average molecular weight is 436 g/mol. The van der Waals surface area contributed by atoms with Crippen molar-refractivity contribution in [3.8, 4) is 0 Å². The molecule has 2 N–H and O–H groups in total. The normalized spacial score (nSPS) is 11.4. The Morgan fingerprint density at radius 1 is 0.833 bits per heavy atom. The molecule has 0 heterocycles. The summed E-state index contributed by atoms with van der Waals surface area (Å²) in [5.74, 6) is 0. The summed E-state index contributed by atoms with van der Waals surface area (Å²) < 4.78 is 28.7. The number of rotatable bonds is 6. The molecule has 4 rings (SSSR count). The molecule has 0 radical (unpaired) electrons. The monoisotopic (exact) mass is 435 g/mol. The number of fused-ring (bicyclic) bond motifs is 1. The van der Waals surface area contributed by atoms with Crippen LogP contribution in [0.3, 0.4) is 0 Å². The second-order valence-corrected chi connectivity index (χ2v) is 9.54. The van der Waals surface area contributed by atoms with Crippen LogP contribution in [-0.2, 0) is 10.0 Å². The van der Waals surface area contributed by atoms with Gasteiger partial charge in [0.05, 0.1) is 10.6 Å². The van der Waals surface area contributed by atoms with Gasteiger partial charge >= 0.3 is 0 Å². The summed E-state index contributed by atoms with van der Waals surface area (Å²) in [6.45, 7) is 2.04. The van der Waals surface area contributed by atoms with Crippen LogP contribution >= 0.6 is 11.8 Å². The lowest BCUT2D eigenvalue weighted by molar-refractivity contribution is 0.601. The summed E-state index contributed by atoms with van der Waals surface area (Å²) in [4.78, 5) is 2.14. The maximum atomic E-state index is 13.0. The van der Waals surface area contributed by atoms with Crippen LogP contribution in [0.1, 0.15) is 5.56 Å². The topological polar surface area (TPSA) is 81.3 Å². The highest BCUT2D eigenvalue weighted by Gasteiger charge is 2.18. The third-order valence-corrected chi connectivity index (χ3v) is 7.30. The molecule has 152 valence electrons. The first-order valence-corrected chi connectivity index (χ1v) is 11.5. The molecular weight excluding hydrogens is 416 g/mol. The molecule has 30 heavy (non-hydrogen) atoms. The molecule has 4 aromatic rings. The van der Waals surface area contributed by atoms with Crippen LogP contribution in [0.4, 0.5) is 11.4 Å². The van der Waals surface area contributed by atoms with Gasteiger partial charge in [-0.1, -0.05) is 54.2 Å². The highest BCUT2D eigenvalue weighted by Crippen LogP contribution is 2.38. The Bertz CT molecular complexity index is 1290. The molecule has 0 saturated carbocycles. The van der Waals surface area contributed by atoms with Gasteiger partial charge < -0.3 is 10.7 Å². The molecule has 0 aromatic heterocycles. The van der Waals surface area contributed by atoms with Crippen LogP contribution in [0.25, 0.3) is 10.8 Å². The molecule has 0 spiro atoms. The van der Waals surface area contributed by atoms with Crippen molar-refractivity contribution in [3.05, 3.63) is 95.7 Å². The molecule has 0 atom stereocenters. The fourth-order valence-electron chi connectivity index (χ4n) is 3.21. The highest BCUT2D eigenvalue weighted by atomic mass is 32.2. The van der Waals surface area contributed by atoms with Crippen molar-refractivity contribution in [2.24, 2.45) is 0 Å². The van der Waals surface area contributed by atoms with E-state index in [0.717, 1.165) is 26.1 Å². The van der Waals surface area contributed by atoms with Crippen LogP contribution in [0.15, 0.2) is 99.6 Å². The zero-order chi connectivity index (χ0) is 21.1. The number of anilines is 2. The van der Waals surface area contributed by atoms with Crippen molar-refractivity contribution >= 4 is 43.9 Å². The number of benzene rings is 4. The van der Waals surface area contributed by atoms with E-state index in [1.807, 2.05) is 67.6 Å². The number of hydrogen-bond donors (Lipinski definition) is 2. The van der Waals surface area contributed by atoms with E-state index < -0.39 is 10.0 Å². The molecule has 0 fully saturated rings. The summed E-state index contributed by atoms with van der Waals surface area (Å²) in [5.41, 5.74) is 3.66. The maximum Gasteiger partial charge on any atom is 0.261 e. The predicted octanol–water partition coefficient (Wildman–Crippen LogP) is 6.01. The van der Waals surface area contributed by atoms with Gasteiger partial charge in [-0.15, -0.1) is 0 Å². The van der Waals surface area contributed by atoms with Crippen molar-refractivity contribution in [3.63, 3.8) is 0 Å². The Hall–Kier alpha value is -3.00. The molecular formula is C23H19N2O3S2-. The lowest BCUT2D eigenvalue weighted by Crippen LogP contribution is -2.13. The largest absolute Gasteiger partial charge is 0.761 e. The molecule has 0 unspecified atom stereocenters. The zero-order valence-electron chi connectivity index (χ0n) is 16.1. The van der Waals surface area contributed by atoms with E-state index in [-0.39, 0.29) is 4.90 Å².